The van der Waals surface area contributed by atoms with Gasteiger partial charge in [0.15, 0.2) is 0 Å². The van der Waals surface area contributed by atoms with Crippen molar-refractivity contribution in [1.82, 2.24) is 10.6 Å². The van der Waals surface area contributed by atoms with Crippen LogP contribution in [0.3, 0.4) is 0 Å². The van der Waals surface area contributed by atoms with E-state index in [1.165, 1.54) is 0 Å². The first-order chi connectivity index (χ1) is 6.73. The van der Waals surface area contributed by atoms with Gasteiger partial charge < -0.3 is 15.7 Å². The molecule has 3 N–H and O–H groups in total. The lowest BCUT2D eigenvalue weighted by Crippen LogP contribution is -2.50. The molecule has 0 aliphatic heterocycles. The number of carboxylic acid groups (broad SMARTS) is 1. The van der Waals surface area contributed by atoms with E-state index in [0.29, 0.717) is 12.5 Å². The zero-order valence-electron chi connectivity index (χ0n) is 9.76. The fraction of sp³-hybridized carbons (Fsp3) is 0.800. The Kier molecular flexibility index (Phi) is 5.11. The van der Waals surface area contributed by atoms with Gasteiger partial charge in [-0.15, -0.1) is 0 Å². The maximum absolute atomic E-state index is 11.3. The van der Waals surface area contributed by atoms with Crippen molar-refractivity contribution in [2.24, 2.45) is 5.92 Å². The van der Waals surface area contributed by atoms with Crippen molar-refractivity contribution >= 4 is 12.0 Å². The molecule has 0 spiro atoms. The molecule has 2 amide bonds. The van der Waals surface area contributed by atoms with Crippen LogP contribution in [0, 0.1) is 5.92 Å². The third kappa shape index (κ3) is 7.78. The van der Waals surface area contributed by atoms with E-state index in [1.807, 2.05) is 13.8 Å². The fourth-order valence-electron chi connectivity index (χ4n) is 1.07. The van der Waals surface area contributed by atoms with Crippen LogP contribution in [0.25, 0.3) is 0 Å². The highest BCUT2D eigenvalue weighted by Crippen LogP contribution is 2.07. The van der Waals surface area contributed by atoms with E-state index in [2.05, 4.69) is 10.6 Å². The Morgan fingerprint density at radius 3 is 2.27 bits per heavy atom. The van der Waals surface area contributed by atoms with E-state index in [0.717, 1.165) is 0 Å². The smallest absolute Gasteiger partial charge is 0.315 e. The Bertz CT molecular complexity index is 237. The summed E-state index contributed by atoms with van der Waals surface area (Å²) < 4.78 is 0. The number of urea groups is 1. The second-order valence-corrected chi connectivity index (χ2v) is 4.68. The molecule has 0 saturated carbocycles. The molecule has 5 nitrogen and oxygen atoms in total. The highest BCUT2D eigenvalue weighted by molar-refractivity contribution is 5.76. The van der Waals surface area contributed by atoms with E-state index >= 15 is 0 Å². The molecule has 0 bridgehead atoms. The summed E-state index contributed by atoms with van der Waals surface area (Å²) in [7, 11) is 0. The fourth-order valence-corrected chi connectivity index (χ4v) is 1.07. The lowest BCUT2D eigenvalue weighted by molar-refractivity contribution is -0.138. The molecule has 0 aromatic rings. The van der Waals surface area contributed by atoms with Crippen LogP contribution in [-0.4, -0.2) is 29.2 Å². The van der Waals surface area contributed by atoms with Crippen LogP contribution < -0.4 is 10.6 Å². The van der Waals surface area contributed by atoms with Crippen molar-refractivity contribution in [2.45, 2.75) is 39.7 Å². The van der Waals surface area contributed by atoms with Crippen LogP contribution in [-0.2, 0) is 4.79 Å². The van der Waals surface area contributed by atoms with Crippen LogP contribution in [0.15, 0.2) is 0 Å². The number of aliphatic carboxylic acids is 1. The average molecular weight is 216 g/mol. The van der Waals surface area contributed by atoms with Crippen molar-refractivity contribution in [3.8, 4) is 0 Å². The first kappa shape index (κ1) is 13.7. The average Bonchev–Trinajstić information content (AvgIpc) is 1.96. The first-order valence-corrected chi connectivity index (χ1v) is 5.01. The van der Waals surface area contributed by atoms with Gasteiger partial charge in [0.05, 0.1) is 6.42 Å². The van der Waals surface area contributed by atoms with Gasteiger partial charge in [0.25, 0.3) is 0 Å². The van der Waals surface area contributed by atoms with Gasteiger partial charge >= 0.3 is 12.0 Å². The maximum Gasteiger partial charge on any atom is 0.315 e. The normalized spacial score (nSPS) is 11.3. The predicted octanol–water partition coefficient (Wildman–Crippen LogP) is 1.19. The molecule has 0 atom stereocenters. The lowest BCUT2D eigenvalue weighted by Gasteiger charge is -2.24. The summed E-state index contributed by atoms with van der Waals surface area (Å²) in [4.78, 5) is 21.8. The molecule has 0 fully saturated rings. The van der Waals surface area contributed by atoms with E-state index < -0.39 is 11.5 Å². The third-order valence-corrected chi connectivity index (χ3v) is 1.72. The molecule has 88 valence electrons. The SMILES string of the molecule is CC(C)CNC(=O)NC(C)(C)CC(=O)O. The molecule has 5 heteroatoms. The Morgan fingerprint density at radius 2 is 1.87 bits per heavy atom. The number of rotatable bonds is 5. The summed E-state index contributed by atoms with van der Waals surface area (Å²) >= 11 is 0. The van der Waals surface area contributed by atoms with Crippen molar-refractivity contribution in [1.29, 1.82) is 0 Å². The minimum Gasteiger partial charge on any atom is -0.481 e. The molecule has 0 aromatic carbocycles. The second kappa shape index (κ2) is 5.58. The number of amides is 2. The molecule has 15 heavy (non-hydrogen) atoms. The Balaban J connectivity index is 3.98. The van der Waals surface area contributed by atoms with Crippen LogP contribution in [0.4, 0.5) is 4.79 Å². The van der Waals surface area contributed by atoms with Crippen LogP contribution in [0.2, 0.25) is 0 Å². The quantitative estimate of drug-likeness (QED) is 0.646. The Morgan fingerprint density at radius 1 is 1.33 bits per heavy atom. The van der Waals surface area contributed by atoms with Crippen LogP contribution in [0.1, 0.15) is 34.1 Å². The summed E-state index contributed by atoms with van der Waals surface area (Å²) in [6.45, 7) is 7.91. The van der Waals surface area contributed by atoms with Gasteiger partial charge in [-0.05, 0) is 19.8 Å². The second-order valence-electron chi connectivity index (χ2n) is 4.68. The van der Waals surface area contributed by atoms with Crippen LogP contribution in [0.5, 0.6) is 0 Å². The van der Waals surface area contributed by atoms with E-state index in [-0.39, 0.29) is 12.5 Å². The number of hydrogen-bond acceptors (Lipinski definition) is 2. The molecule has 0 aliphatic rings. The predicted molar refractivity (Wildman–Crippen MR) is 57.7 cm³/mol. The van der Waals surface area contributed by atoms with Crippen molar-refractivity contribution in [2.75, 3.05) is 6.54 Å². The molecular formula is C10H20N2O3. The number of nitrogens with one attached hydrogen (secondary N) is 2. The number of carboxylic acids is 1. The zero-order chi connectivity index (χ0) is 12.1. The monoisotopic (exact) mass is 216 g/mol. The summed E-state index contributed by atoms with van der Waals surface area (Å²) in [6.07, 6.45) is -0.0951. The van der Waals surface area contributed by atoms with Gasteiger partial charge in [-0.3, -0.25) is 4.79 Å². The lowest BCUT2D eigenvalue weighted by atomic mass is 10.0. The standard InChI is InChI=1S/C10H20N2O3/c1-7(2)6-11-9(15)12-10(3,4)5-8(13)14/h7H,5-6H2,1-4H3,(H,13,14)(H2,11,12,15). The molecule has 0 heterocycles. The number of hydrogen-bond donors (Lipinski definition) is 3. The van der Waals surface area contributed by atoms with Gasteiger partial charge in [0, 0.05) is 12.1 Å². The highest BCUT2D eigenvalue weighted by atomic mass is 16.4. The molecule has 0 rings (SSSR count). The van der Waals surface area contributed by atoms with Crippen molar-refractivity contribution in [3.05, 3.63) is 0 Å². The molecule has 0 aliphatic carbocycles. The van der Waals surface area contributed by atoms with Gasteiger partial charge in [0.1, 0.15) is 0 Å². The molecule has 0 saturated heterocycles. The van der Waals surface area contributed by atoms with E-state index in [9.17, 15) is 9.59 Å². The summed E-state index contributed by atoms with van der Waals surface area (Å²) in [6, 6.07) is -0.324. The zero-order valence-corrected chi connectivity index (χ0v) is 9.76. The molecular weight excluding hydrogens is 196 g/mol. The first-order valence-electron chi connectivity index (χ1n) is 5.01. The summed E-state index contributed by atoms with van der Waals surface area (Å²) in [5.74, 6) is -0.553. The van der Waals surface area contributed by atoms with Gasteiger partial charge in [-0.25, -0.2) is 4.79 Å². The van der Waals surface area contributed by atoms with Crippen LogP contribution >= 0.6 is 0 Å². The van der Waals surface area contributed by atoms with E-state index in [1.54, 1.807) is 13.8 Å². The van der Waals surface area contributed by atoms with E-state index in [4.69, 9.17) is 5.11 Å². The van der Waals surface area contributed by atoms with Gasteiger partial charge in [0.2, 0.25) is 0 Å². The van der Waals surface area contributed by atoms with Crippen molar-refractivity contribution < 1.29 is 14.7 Å². The Hall–Kier alpha value is -1.26. The molecule has 0 radical (unpaired) electrons. The van der Waals surface area contributed by atoms with Gasteiger partial charge in [-0.2, -0.15) is 0 Å². The molecule has 0 unspecified atom stereocenters. The maximum atomic E-state index is 11.3. The third-order valence-electron chi connectivity index (χ3n) is 1.72. The largest absolute Gasteiger partial charge is 0.481 e. The summed E-state index contributed by atoms with van der Waals surface area (Å²) in [5.41, 5.74) is -0.729. The number of carbonyl (C=O) groups excluding carboxylic acids is 1. The minimum absolute atomic E-state index is 0.0951. The Labute approximate surface area is 90.2 Å². The number of carbonyl (C=O) groups is 2. The topological polar surface area (TPSA) is 78.4 Å². The highest BCUT2D eigenvalue weighted by Gasteiger charge is 2.23. The summed E-state index contributed by atoms with van der Waals surface area (Å²) in [5, 5.41) is 13.9. The van der Waals surface area contributed by atoms with Crippen molar-refractivity contribution in [3.63, 3.8) is 0 Å². The molecule has 0 aromatic heterocycles. The van der Waals surface area contributed by atoms with Gasteiger partial charge in [-0.1, -0.05) is 13.8 Å². The minimum atomic E-state index is -0.927.